The Bertz CT molecular complexity index is 461. The fourth-order valence-corrected chi connectivity index (χ4v) is 6.54. The first-order valence-corrected chi connectivity index (χ1v) is 10.0. The van der Waals surface area contributed by atoms with Crippen LogP contribution < -0.4 is 5.32 Å². The molecule has 0 aromatic rings. The topological polar surface area (TPSA) is 41.6 Å². The van der Waals surface area contributed by atoms with Gasteiger partial charge in [-0.15, -0.1) is 0 Å². The van der Waals surface area contributed by atoms with E-state index in [4.69, 9.17) is 4.74 Å². The monoisotopic (exact) mass is 334 g/mol. The number of hydrogen-bond donors (Lipinski definition) is 1. The molecule has 24 heavy (non-hydrogen) atoms. The Balaban J connectivity index is 1.47. The van der Waals surface area contributed by atoms with Gasteiger partial charge in [0.15, 0.2) is 0 Å². The van der Waals surface area contributed by atoms with Gasteiger partial charge in [0.05, 0.1) is 0 Å². The van der Waals surface area contributed by atoms with Crippen LogP contribution in [0.5, 0.6) is 0 Å². The lowest BCUT2D eigenvalue weighted by Crippen LogP contribution is -2.57. The van der Waals surface area contributed by atoms with Crippen molar-refractivity contribution in [2.75, 3.05) is 19.6 Å². The second kappa shape index (κ2) is 5.89. The molecule has 1 saturated heterocycles. The largest absolute Gasteiger partial charge is 0.444 e. The summed E-state index contributed by atoms with van der Waals surface area (Å²) >= 11 is 0. The minimum absolute atomic E-state index is 0.112. The molecule has 4 aliphatic carbocycles. The average Bonchev–Trinajstić information content (AvgIpc) is 2.43. The van der Waals surface area contributed by atoms with Crippen LogP contribution in [0.4, 0.5) is 4.79 Å². The van der Waals surface area contributed by atoms with E-state index < -0.39 is 5.60 Å². The van der Waals surface area contributed by atoms with E-state index in [1.165, 1.54) is 44.9 Å². The lowest BCUT2D eigenvalue weighted by atomic mass is 9.48. The van der Waals surface area contributed by atoms with Crippen LogP contribution in [0.1, 0.15) is 65.7 Å². The van der Waals surface area contributed by atoms with Crippen molar-refractivity contribution in [1.29, 1.82) is 0 Å². The van der Waals surface area contributed by atoms with Crippen LogP contribution in [0.3, 0.4) is 0 Å². The number of rotatable bonds is 2. The molecule has 1 amide bonds. The highest BCUT2D eigenvalue weighted by molar-refractivity contribution is 5.68. The molecule has 1 N–H and O–H groups in total. The van der Waals surface area contributed by atoms with Gasteiger partial charge >= 0.3 is 6.09 Å². The zero-order chi connectivity index (χ0) is 16.9. The molecule has 1 unspecified atom stereocenters. The Morgan fingerprint density at radius 2 is 1.71 bits per heavy atom. The Labute approximate surface area is 146 Å². The van der Waals surface area contributed by atoms with Crippen molar-refractivity contribution in [1.82, 2.24) is 10.2 Å². The van der Waals surface area contributed by atoms with E-state index >= 15 is 0 Å². The predicted molar refractivity (Wildman–Crippen MR) is 94.8 cm³/mol. The molecule has 5 aliphatic rings. The van der Waals surface area contributed by atoms with E-state index in [2.05, 4.69) is 5.32 Å². The van der Waals surface area contributed by atoms with Gasteiger partial charge in [-0.1, -0.05) is 0 Å². The maximum atomic E-state index is 12.7. The quantitative estimate of drug-likeness (QED) is 0.835. The zero-order valence-electron chi connectivity index (χ0n) is 15.6. The summed E-state index contributed by atoms with van der Waals surface area (Å²) in [6.07, 6.45) is 9.77. The fourth-order valence-electron chi connectivity index (χ4n) is 6.54. The number of piperazine rings is 1. The maximum absolute atomic E-state index is 12.7. The highest BCUT2D eigenvalue weighted by Gasteiger charge is 2.52. The zero-order valence-corrected chi connectivity index (χ0v) is 15.6. The van der Waals surface area contributed by atoms with Crippen LogP contribution in [0, 0.1) is 23.2 Å². The minimum Gasteiger partial charge on any atom is -0.444 e. The summed E-state index contributed by atoms with van der Waals surface area (Å²) in [6.45, 7) is 8.48. The highest BCUT2D eigenvalue weighted by Crippen LogP contribution is 2.61. The third-order valence-corrected chi connectivity index (χ3v) is 6.81. The molecule has 5 fully saturated rings. The predicted octanol–water partition coefficient (Wildman–Crippen LogP) is 3.80. The van der Waals surface area contributed by atoms with Gasteiger partial charge in [-0.05, 0) is 88.9 Å². The van der Waals surface area contributed by atoms with E-state index in [9.17, 15) is 4.79 Å². The van der Waals surface area contributed by atoms with Crippen LogP contribution in [0.15, 0.2) is 0 Å². The third-order valence-electron chi connectivity index (χ3n) is 6.81. The molecule has 0 spiro atoms. The van der Waals surface area contributed by atoms with E-state index in [0.717, 1.165) is 37.4 Å². The molecular formula is C20H34N2O2. The second-order valence-electron chi connectivity index (χ2n) is 10.2. The third kappa shape index (κ3) is 3.31. The Kier molecular flexibility index (Phi) is 4.10. The maximum Gasteiger partial charge on any atom is 0.410 e. The van der Waals surface area contributed by atoms with Crippen LogP contribution in [0.25, 0.3) is 0 Å². The number of nitrogens with zero attached hydrogens (tertiary/aromatic N) is 1. The smallest absolute Gasteiger partial charge is 0.410 e. The first-order valence-electron chi connectivity index (χ1n) is 10.0. The van der Waals surface area contributed by atoms with Crippen molar-refractivity contribution in [3.05, 3.63) is 0 Å². The van der Waals surface area contributed by atoms with Crippen molar-refractivity contribution in [3.63, 3.8) is 0 Å². The molecule has 1 heterocycles. The number of nitrogens with one attached hydrogen (secondary N) is 1. The molecule has 4 heteroatoms. The van der Waals surface area contributed by atoms with E-state index in [-0.39, 0.29) is 6.09 Å². The van der Waals surface area contributed by atoms with Gasteiger partial charge in [0, 0.05) is 25.7 Å². The summed E-state index contributed by atoms with van der Waals surface area (Å²) in [5.74, 6) is 2.92. The first-order chi connectivity index (χ1) is 11.3. The number of ether oxygens (including phenoxy) is 1. The van der Waals surface area contributed by atoms with E-state index in [1.807, 2.05) is 25.7 Å². The van der Waals surface area contributed by atoms with Gasteiger partial charge in [0.25, 0.3) is 0 Å². The van der Waals surface area contributed by atoms with Gasteiger partial charge in [-0.3, -0.25) is 0 Å². The van der Waals surface area contributed by atoms with Gasteiger partial charge in [0.1, 0.15) is 5.60 Å². The highest BCUT2D eigenvalue weighted by atomic mass is 16.6. The molecule has 0 aromatic heterocycles. The number of carbonyl (C=O) groups excluding carboxylic acids is 1. The first kappa shape index (κ1) is 16.7. The molecule has 4 bridgehead atoms. The van der Waals surface area contributed by atoms with E-state index in [1.54, 1.807) is 0 Å². The van der Waals surface area contributed by atoms with Crippen molar-refractivity contribution in [3.8, 4) is 0 Å². The van der Waals surface area contributed by atoms with Gasteiger partial charge in [-0.25, -0.2) is 4.79 Å². The van der Waals surface area contributed by atoms with Crippen LogP contribution in [0.2, 0.25) is 0 Å². The summed E-state index contributed by atoms with van der Waals surface area (Å²) in [5.41, 5.74) is 0.103. The summed E-state index contributed by atoms with van der Waals surface area (Å²) in [4.78, 5) is 14.7. The number of carbonyl (C=O) groups is 1. The molecular weight excluding hydrogens is 300 g/mol. The minimum atomic E-state index is -0.410. The summed E-state index contributed by atoms with van der Waals surface area (Å²) in [5, 5.41) is 3.52. The molecule has 5 rings (SSSR count). The SMILES string of the molecule is CC(C)(C)OC(=O)N1CCNCC1CC12CC3CC(CC(C3)C1)C2. The van der Waals surface area contributed by atoms with Crippen molar-refractivity contribution >= 4 is 6.09 Å². The Morgan fingerprint density at radius 3 is 2.25 bits per heavy atom. The lowest BCUT2D eigenvalue weighted by molar-refractivity contribution is -0.0723. The Morgan fingerprint density at radius 1 is 1.12 bits per heavy atom. The number of hydrogen-bond acceptors (Lipinski definition) is 3. The van der Waals surface area contributed by atoms with Crippen LogP contribution >= 0.6 is 0 Å². The standard InChI is InChI=1S/C20H34N2O2/c1-19(2,3)24-18(23)22-5-4-21-13-17(22)12-20-9-14-6-15(10-20)8-16(7-14)11-20/h14-17,21H,4-13H2,1-3H3. The van der Waals surface area contributed by atoms with Crippen molar-refractivity contribution in [2.45, 2.75) is 77.4 Å². The summed E-state index contributed by atoms with van der Waals surface area (Å²) in [7, 11) is 0. The lowest BCUT2D eigenvalue weighted by Gasteiger charge is -2.58. The molecule has 1 atom stereocenters. The second-order valence-corrected chi connectivity index (χ2v) is 10.2. The number of amides is 1. The molecule has 4 saturated carbocycles. The van der Waals surface area contributed by atoms with Crippen LogP contribution in [-0.4, -0.2) is 42.3 Å². The summed E-state index contributed by atoms with van der Waals surface area (Å²) < 4.78 is 5.69. The molecule has 0 aromatic carbocycles. The molecule has 0 radical (unpaired) electrons. The molecule has 136 valence electrons. The van der Waals surface area contributed by atoms with Crippen LogP contribution in [-0.2, 0) is 4.74 Å². The van der Waals surface area contributed by atoms with E-state index in [0.29, 0.717) is 11.5 Å². The normalized spacial score (nSPS) is 41.5. The van der Waals surface area contributed by atoms with Gasteiger partial charge in [-0.2, -0.15) is 0 Å². The average molecular weight is 335 g/mol. The van der Waals surface area contributed by atoms with Gasteiger partial charge < -0.3 is 15.0 Å². The van der Waals surface area contributed by atoms with Gasteiger partial charge in [0.2, 0.25) is 0 Å². The molecule has 1 aliphatic heterocycles. The fraction of sp³-hybridized carbons (Fsp3) is 0.950. The Hall–Kier alpha value is -0.770. The molecule has 4 nitrogen and oxygen atoms in total. The van der Waals surface area contributed by atoms with Crippen molar-refractivity contribution < 1.29 is 9.53 Å². The summed E-state index contributed by atoms with van der Waals surface area (Å²) in [6, 6.07) is 0.310. The van der Waals surface area contributed by atoms with Crippen molar-refractivity contribution in [2.24, 2.45) is 23.2 Å².